The van der Waals surface area contributed by atoms with Gasteiger partial charge in [0.15, 0.2) is 10.5 Å². The second-order valence-corrected chi connectivity index (χ2v) is 12.9. The number of carbonyl (C=O) groups excluding carboxylic acids is 1. The average Bonchev–Trinajstić information content (AvgIpc) is 3.31. The van der Waals surface area contributed by atoms with Crippen molar-refractivity contribution in [2.24, 2.45) is 4.99 Å². The molecule has 0 unspecified atom stereocenters. The summed E-state index contributed by atoms with van der Waals surface area (Å²) in [6, 6.07) is 11.3. The fourth-order valence-corrected chi connectivity index (χ4v) is 6.73. The molecule has 1 aromatic heterocycles. The van der Waals surface area contributed by atoms with Gasteiger partial charge in [-0.3, -0.25) is 19.5 Å². The molecule has 1 aliphatic rings. The largest absolute Gasteiger partial charge is 0.481 e. The van der Waals surface area contributed by atoms with Crippen molar-refractivity contribution in [3.05, 3.63) is 132 Å². The summed E-state index contributed by atoms with van der Waals surface area (Å²) in [6.45, 7) is 1.11. The molecule has 0 amide bonds. The van der Waals surface area contributed by atoms with E-state index in [1.54, 1.807) is 18.2 Å². The van der Waals surface area contributed by atoms with Crippen molar-refractivity contribution in [2.75, 3.05) is 6.61 Å². The van der Waals surface area contributed by atoms with Crippen molar-refractivity contribution in [1.29, 1.82) is 0 Å². The van der Waals surface area contributed by atoms with E-state index in [0.29, 0.717) is 21.9 Å². The van der Waals surface area contributed by atoms with Crippen LogP contribution in [0.3, 0.4) is 0 Å². The van der Waals surface area contributed by atoms with Crippen LogP contribution < -0.4 is 19.6 Å². The first-order chi connectivity index (χ1) is 22.2. The van der Waals surface area contributed by atoms with Crippen molar-refractivity contribution >= 4 is 79.8 Å². The second kappa shape index (κ2) is 13.8. The number of nitro benzene ring substituents is 1. The van der Waals surface area contributed by atoms with Crippen molar-refractivity contribution < 1.29 is 32.4 Å². The number of rotatable bonds is 8. The van der Waals surface area contributed by atoms with Crippen molar-refractivity contribution in [1.82, 2.24) is 4.57 Å². The Kier molecular flexibility index (Phi) is 10.2. The highest BCUT2D eigenvalue weighted by Crippen LogP contribution is 2.39. The lowest BCUT2D eigenvalue weighted by molar-refractivity contribution is -0.386. The minimum absolute atomic E-state index is 0.0939. The quantitative estimate of drug-likeness (QED) is 0.104. The molecule has 17 heteroatoms. The highest BCUT2D eigenvalue weighted by Gasteiger charge is 2.45. The van der Waals surface area contributed by atoms with Crippen LogP contribution in [0.2, 0.25) is 15.1 Å². The lowest BCUT2D eigenvalue weighted by Crippen LogP contribution is -2.41. The molecule has 9 nitrogen and oxygen atoms in total. The van der Waals surface area contributed by atoms with Crippen molar-refractivity contribution in [2.45, 2.75) is 25.7 Å². The van der Waals surface area contributed by atoms with Crippen molar-refractivity contribution in [3.63, 3.8) is 0 Å². The molecule has 1 aliphatic heterocycles. The Balaban J connectivity index is 1.65. The Hall–Kier alpha value is -3.69. The molecule has 3 aromatic carbocycles. The van der Waals surface area contributed by atoms with E-state index in [9.17, 15) is 32.9 Å². The van der Waals surface area contributed by atoms with Crippen LogP contribution in [0.1, 0.15) is 29.7 Å². The Morgan fingerprint density at radius 3 is 2.45 bits per heavy atom. The number of ether oxygens (including phenoxy) is 2. The first-order valence-electron chi connectivity index (χ1n) is 13.3. The smallest absolute Gasteiger partial charge is 0.434 e. The summed E-state index contributed by atoms with van der Waals surface area (Å²) >= 11 is 21.9. The molecule has 47 heavy (non-hydrogen) atoms. The summed E-state index contributed by atoms with van der Waals surface area (Å²) in [4.78, 5) is 41.5. The Labute approximate surface area is 290 Å². The zero-order chi connectivity index (χ0) is 34.2. The fourth-order valence-electron chi connectivity index (χ4n) is 4.70. The summed E-state index contributed by atoms with van der Waals surface area (Å²) in [5.41, 5.74) is -2.76. The van der Waals surface area contributed by atoms with Gasteiger partial charge in [0.1, 0.15) is 6.61 Å². The highest BCUT2D eigenvalue weighted by molar-refractivity contribution is 9.10. The number of nitrogens with zero attached hydrogens (tertiary/aromatic N) is 3. The maximum Gasteiger partial charge on any atom is 0.434 e. The molecule has 0 saturated heterocycles. The van der Waals surface area contributed by atoms with Gasteiger partial charge in [0, 0.05) is 11.1 Å². The standard InChI is InChI=1S/C30H18BrCl3F3N3O6S/c1-2-45-28(42)23-24(16-4-6-17(32)7-5-16)39-27(41)22(47-29(39)38-26(23)30(35,36)37)12-15-9-18(31)25(21(11-15)40(43)44)46-13-14-3-8-19(33)20(34)10-14/h3-12,24H,2,13H2,1H3/b22-12-/t24-/m0/s1. The van der Waals surface area contributed by atoms with Gasteiger partial charge >= 0.3 is 17.8 Å². The number of hydrogen-bond donors (Lipinski definition) is 0. The number of thiazole rings is 1. The molecule has 0 aliphatic carbocycles. The van der Waals surface area contributed by atoms with E-state index in [-0.39, 0.29) is 53.9 Å². The minimum Gasteiger partial charge on any atom is -0.481 e. The van der Waals surface area contributed by atoms with Gasteiger partial charge in [-0.25, -0.2) is 9.79 Å². The van der Waals surface area contributed by atoms with Gasteiger partial charge in [-0.2, -0.15) is 13.2 Å². The van der Waals surface area contributed by atoms with Crippen LogP contribution in [-0.2, 0) is 16.1 Å². The van der Waals surface area contributed by atoms with Crippen LogP contribution in [0.15, 0.2) is 80.1 Å². The molecular weight excluding hydrogens is 774 g/mol. The highest BCUT2D eigenvalue weighted by atomic mass is 79.9. The lowest BCUT2D eigenvalue weighted by Gasteiger charge is -2.26. The Morgan fingerprint density at radius 1 is 1.13 bits per heavy atom. The van der Waals surface area contributed by atoms with E-state index in [4.69, 9.17) is 44.3 Å². The van der Waals surface area contributed by atoms with Gasteiger partial charge in [0.05, 0.1) is 42.2 Å². The number of alkyl halides is 3. The van der Waals surface area contributed by atoms with Crippen molar-refractivity contribution in [3.8, 4) is 5.75 Å². The van der Waals surface area contributed by atoms with E-state index in [1.807, 2.05) is 0 Å². The molecule has 0 fully saturated rings. The molecule has 2 heterocycles. The molecule has 0 spiro atoms. The van der Waals surface area contributed by atoms with Crippen LogP contribution in [-0.4, -0.2) is 28.2 Å². The van der Waals surface area contributed by atoms with E-state index in [0.717, 1.165) is 10.6 Å². The summed E-state index contributed by atoms with van der Waals surface area (Å²) in [7, 11) is 0. The average molecular weight is 792 g/mol. The zero-order valence-electron chi connectivity index (χ0n) is 23.6. The lowest BCUT2D eigenvalue weighted by atomic mass is 9.95. The van der Waals surface area contributed by atoms with Crippen LogP contribution in [0.25, 0.3) is 6.08 Å². The molecule has 1 atom stereocenters. The summed E-state index contributed by atoms with van der Waals surface area (Å²) in [5, 5.41) is 12.9. The minimum atomic E-state index is -5.08. The normalized spacial score (nSPS) is 14.9. The topological polar surface area (TPSA) is 113 Å². The predicted molar refractivity (Wildman–Crippen MR) is 174 cm³/mol. The summed E-state index contributed by atoms with van der Waals surface area (Å²) in [6.07, 6.45) is -3.81. The second-order valence-electron chi connectivity index (χ2n) is 9.76. The number of hydrogen-bond acceptors (Lipinski definition) is 8. The Bertz CT molecular complexity index is 2140. The Morgan fingerprint density at radius 2 is 1.83 bits per heavy atom. The van der Waals surface area contributed by atoms with Gasteiger partial charge in [-0.1, -0.05) is 64.3 Å². The number of halogens is 7. The van der Waals surface area contributed by atoms with Crippen LogP contribution in [0, 0.1) is 10.1 Å². The molecule has 4 aromatic rings. The number of fused-ring (bicyclic) bond motifs is 1. The zero-order valence-corrected chi connectivity index (χ0v) is 28.3. The van der Waals surface area contributed by atoms with Crippen LogP contribution in [0.4, 0.5) is 18.9 Å². The number of aromatic nitrogens is 1. The van der Waals surface area contributed by atoms with Gasteiger partial charge in [-0.05, 0) is 76.0 Å². The van der Waals surface area contributed by atoms with E-state index in [1.165, 1.54) is 43.3 Å². The van der Waals surface area contributed by atoms with E-state index >= 15 is 0 Å². The van der Waals surface area contributed by atoms with Crippen LogP contribution >= 0.6 is 62.1 Å². The summed E-state index contributed by atoms with van der Waals surface area (Å²) in [5.74, 6) is -1.41. The molecular formula is C30H18BrCl3F3N3O6S. The van der Waals surface area contributed by atoms with Gasteiger partial charge < -0.3 is 9.47 Å². The third-order valence-electron chi connectivity index (χ3n) is 6.69. The first kappa shape index (κ1) is 34.6. The molecule has 244 valence electrons. The molecule has 5 rings (SSSR count). The van der Waals surface area contributed by atoms with Gasteiger partial charge in [0.25, 0.3) is 5.56 Å². The maximum atomic E-state index is 14.3. The van der Waals surface area contributed by atoms with Crippen LogP contribution in [0.5, 0.6) is 5.75 Å². The third kappa shape index (κ3) is 7.26. The number of benzene rings is 3. The van der Waals surface area contributed by atoms with Gasteiger partial charge in [-0.15, -0.1) is 0 Å². The van der Waals surface area contributed by atoms with E-state index < -0.39 is 45.6 Å². The number of allylic oxidation sites excluding steroid dienone is 1. The molecule has 0 saturated carbocycles. The number of nitro groups is 1. The number of carbonyl (C=O) groups is 1. The SMILES string of the molecule is CCOC(=O)C1=C(C(F)(F)F)N=c2s/c(=C\c3cc(Br)c(OCc4ccc(Cl)c(Cl)c4)c([N+](=O)[O-])c3)c(=O)n2[C@H]1c1ccc(Cl)cc1. The molecule has 0 bridgehead atoms. The van der Waals surface area contributed by atoms with E-state index in [2.05, 4.69) is 20.9 Å². The first-order valence-corrected chi connectivity index (χ1v) is 16.0. The monoisotopic (exact) mass is 789 g/mol. The maximum absolute atomic E-state index is 14.3. The van der Waals surface area contributed by atoms with Gasteiger partial charge in [0.2, 0.25) is 5.75 Å². The summed E-state index contributed by atoms with van der Waals surface area (Å²) < 4.78 is 54.7. The molecule has 0 N–H and O–H groups in total. The predicted octanol–water partition coefficient (Wildman–Crippen LogP) is 7.55. The number of esters is 1. The fraction of sp³-hybridized carbons (Fsp3) is 0.167. The molecule has 0 radical (unpaired) electrons. The third-order valence-corrected chi connectivity index (χ3v) is 9.25.